The van der Waals surface area contributed by atoms with Crippen molar-refractivity contribution in [2.75, 3.05) is 39.5 Å². The van der Waals surface area contributed by atoms with Crippen LogP contribution >= 0.6 is 24.0 Å². The Morgan fingerprint density at radius 3 is 2.96 bits per heavy atom. The van der Waals surface area contributed by atoms with Gasteiger partial charge in [0.25, 0.3) is 0 Å². The van der Waals surface area contributed by atoms with Gasteiger partial charge in [-0.15, -0.1) is 24.0 Å². The molecule has 0 aliphatic carbocycles. The summed E-state index contributed by atoms with van der Waals surface area (Å²) in [7, 11) is 0. The first kappa shape index (κ1) is 20.5. The van der Waals surface area contributed by atoms with Gasteiger partial charge in [-0.3, -0.25) is 4.99 Å². The van der Waals surface area contributed by atoms with Gasteiger partial charge in [0, 0.05) is 26.2 Å². The Bertz CT molecular complexity index is 547. The fourth-order valence-corrected chi connectivity index (χ4v) is 3.31. The number of ether oxygens (including phenoxy) is 2. The smallest absolute Gasteiger partial charge is 0.194 e. The number of nitrogens with zero attached hydrogens (tertiary/aromatic N) is 2. The van der Waals surface area contributed by atoms with E-state index in [1.807, 2.05) is 0 Å². The second-order valence-electron chi connectivity index (χ2n) is 6.39. The number of halogens is 1. The molecule has 0 radical (unpaired) electrons. The highest BCUT2D eigenvalue weighted by Crippen LogP contribution is 2.18. The van der Waals surface area contributed by atoms with Crippen LogP contribution in [0.2, 0.25) is 0 Å². The number of fused-ring (bicyclic) bond motifs is 1. The molecule has 0 aromatic heterocycles. The van der Waals surface area contributed by atoms with E-state index < -0.39 is 0 Å². The van der Waals surface area contributed by atoms with E-state index in [0.717, 1.165) is 51.5 Å². The van der Waals surface area contributed by atoms with Crippen molar-refractivity contribution in [3.05, 3.63) is 35.4 Å². The molecule has 2 heterocycles. The third-order valence-electron chi connectivity index (χ3n) is 4.59. The zero-order valence-electron chi connectivity index (χ0n) is 15.1. The fourth-order valence-electron chi connectivity index (χ4n) is 3.31. The minimum Gasteiger partial charge on any atom is -0.377 e. The third kappa shape index (κ3) is 6.11. The maximum absolute atomic E-state index is 5.71. The molecule has 0 bridgehead atoms. The molecule has 1 unspecified atom stereocenters. The van der Waals surface area contributed by atoms with Gasteiger partial charge in [-0.25, -0.2) is 0 Å². The molecule has 1 fully saturated rings. The van der Waals surface area contributed by atoms with E-state index in [2.05, 4.69) is 41.4 Å². The minimum absolute atomic E-state index is 0. The van der Waals surface area contributed by atoms with E-state index in [-0.39, 0.29) is 24.0 Å². The number of guanidine groups is 1. The molecule has 0 saturated carbocycles. The number of benzene rings is 1. The van der Waals surface area contributed by atoms with Crippen LogP contribution in [0.25, 0.3) is 0 Å². The van der Waals surface area contributed by atoms with Crippen molar-refractivity contribution in [1.29, 1.82) is 0 Å². The van der Waals surface area contributed by atoms with Gasteiger partial charge < -0.3 is 19.7 Å². The predicted octanol–water partition coefficient (Wildman–Crippen LogP) is 2.82. The molecule has 1 saturated heterocycles. The number of nitrogens with one attached hydrogen (secondary N) is 1. The van der Waals surface area contributed by atoms with E-state index >= 15 is 0 Å². The number of rotatable bonds is 6. The summed E-state index contributed by atoms with van der Waals surface area (Å²) in [6.45, 7) is 7.86. The first-order valence-electron chi connectivity index (χ1n) is 9.16. The Balaban J connectivity index is 0.00000225. The van der Waals surface area contributed by atoms with Crippen molar-refractivity contribution in [2.45, 2.75) is 38.8 Å². The summed E-state index contributed by atoms with van der Waals surface area (Å²) in [4.78, 5) is 7.08. The average Bonchev–Trinajstić information content (AvgIpc) is 3.13. The van der Waals surface area contributed by atoms with Crippen molar-refractivity contribution >= 4 is 29.9 Å². The van der Waals surface area contributed by atoms with Crippen molar-refractivity contribution in [3.63, 3.8) is 0 Å². The molecule has 5 nitrogen and oxygen atoms in total. The number of hydrogen-bond donors (Lipinski definition) is 1. The van der Waals surface area contributed by atoms with Crippen molar-refractivity contribution in [1.82, 2.24) is 10.2 Å². The third-order valence-corrected chi connectivity index (χ3v) is 4.59. The topological polar surface area (TPSA) is 46.1 Å². The fraction of sp³-hybridized carbons (Fsp3) is 0.632. The molecule has 2 aliphatic heterocycles. The van der Waals surface area contributed by atoms with Gasteiger partial charge >= 0.3 is 0 Å². The SMILES string of the molecule is CCNC(=NCCOCC1CCCO1)N1CCc2ccccc2C1.I. The Morgan fingerprint density at radius 1 is 1.36 bits per heavy atom. The largest absolute Gasteiger partial charge is 0.377 e. The summed E-state index contributed by atoms with van der Waals surface area (Å²) in [6, 6.07) is 8.69. The molecular formula is C19H30IN3O2. The van der Waals surface area contributed by atoms with Gasteiger partial charge in [-0.1, -0.05) is 24.3 Å². The van der Waals surface area contributed by atoms with Crippen LogP contribution in [0, 0.1) is 0 Å². The van der Waals surface area contributed by atoms with E-state index in [1.54, 1.807) is 0 Å². The Hall–Kier alpha value is -0.860. The highest BCUT2D eigenvalue weighted by molar-refractivity contribution is 14.0. The molecular weight excluding hydrogens is 429 g/mol. The van der Waals surface area contributed by atoms with Gasteiger partial charge in [0.1, 0.15) is 0 Å². The van der Waals surface area contributed by atoms with Gasteiger partial charge in [-0.05, 0) is 37.3 Å². The lowest BCUT2D eigenvalue weighted by Gasteiger charge is -2.31. The van der Waals surface area contributed by atoms with Crippen LogP contribution in [0.15, 0.2) is 29.3 Å². The average molecular weight is 459 g/mol. The molecule has 1 aromatic rings. The van der Waals surface area contributed by atoms with Crippen LogP contribution in [0.1, 0.15) is 30.9 Å². The monoisotopic (exact) mass is 459 g/mol. The lowest BCUT2D eigenvalue weighted by molar-refractivity contribution is 0.0199. The quantitative estimate of drug-likeness (QED) is 0.308. The Morgan fingerprint density at radius 2 is 2.20 bits per heavy atom. The Kier molecular flexibility index (Phi) is 8.98. The van der Waals surface area contributed by atoms with Gasteiger partial charge in [0.2, 0.25) is 0 Å². The molecule has 1 aromatic carbocycles. The molecule has 0 spiro atoms. The summed E-state index contributed by atoms with van der Waals surface area (Å²) < 4.78 is 11.3. The normalized spacial score (nSPS) is 20.1. The van der Waals surface area contributed by atoms with E-state index in [0.29, 0.717) is 25.9 Å². The summed E-state index contributed by atoms with van der Waals surface area (Å²) in [5, 5.41) is 3.41. The first-order chi connectivity index (χ1) is 11.9. The number of hydrogen-bond acceptors (Lipinski definition) is 3. The van der Waals surface area contributed by atoms with E-state index in [1.165, 1.54) is 11.1 Å². The maximum atomic E-state index is 5.71. The molecule has 3 rings (SSSR count). The maximum Gasteiger partial charge on any atom is 0.194 e. The van der Waals surface area contributed by atoms with Crippen LogP contribution in [0.3, 0.4) is 0 Å². The van der Waals surface area contributed by atoms with Crippen LogP contribution in [-0.2, 0) is 22.4 Å². The predicted molar refractivity (Wildman–Crippen MR) is 112 cm³/mol. The van der Waals surface area contributed by atoms with E-state index in [9.17, 15) is 0 Å². The summed E-state index contributed by atoms with van der Waals surface area (Å²) in [5.41, 5.74) is 2.87. The summed E-state index contributed by atoms with van der Waals surface area (Å²) >= 11 is 0. The van der Waals surface area contributed by atoms with Crippen molar-refractivity contribution in [2.24, 2.45) is 4.99 Å². The van der Waals surface area contributed by atoms with Crippen molar-refractivity contribution in [3.8, 4) is 0 Å². The molecule has 0 amide bonds. The molecule has 1 atom stereocenters. The van der Waals surface area contributed by atoms with Gasteiger partial charge in [-0.2, -0.15) is 0 Å². The zero-order chi connectivity index (χ0) is 16.6. The second-order valence-corrected chi connectivity index (χ2v) is 6.39. The minimum atomic E-state index is 0. The van der Waals surface area contributed by atoms with Crippen molar-refractivity contribution < 1.29 is 9.47 Å². The first-order valence-corrected chi connectivity index (χ1v) is 9.16. The highest BCUT2D eigenvalue weighted by Gasteiger charge is 2.18. The van der Waals surface area contributed by atoms with Crippen LogP contribution < -0.4 is 5.32 Å². The second kappa shape index (κ2) is 11.0. The number of aliphatic imine (C=N–C) groups is 1. The van der Waals surface area contributed by atoms with E-state index in [4.69, 9.17) is 14.5 Å². The summed E-state index contributed by atoms with van der Waals surface area (Å²) in [5.74, 6) is 0.993. The lowest BCUT2D eigenvalue weighted by atomic mass is 10.0. The molecule has 6 heteroatoms. The van der Waals surface area contributed by atoms with Crippen LogP contribution in [-0.4, -0.2) is 56.4 Å². The Labute approximate surface area is 168 Å². The van der Waals surface area contributed by atoms with Crippen LogP contribution in [0.5, 0.6) is 0 Å². The standard InChI is InChI=1S/C19H29N3O2.HI/c1-2-20-19(21-10-13-23-15-18-8-5-12-24-18)22-11-9-16-6-3-4-7-17(16)14-22;/h3-4,6-7,18H,2,5,8-15H2,1H3,(H,20,21);1H. The molecule has 25 heavy (non-hydrogen) atoms. The molecule has 140 valence electrons. The molecule has 2 aliphatic rings. The van der Waals surface area contributed by atoms with Crippen LogP contribution in [0.4, 0.5) is 0 Å². The highest BCUT2D eigenvalue weighted by atomic mass is 127. The zero-order valence-corrected chi connectivity index (χ0v) is 17.4. The molecule has 1 N–H and O–H groups in total. The summed E-state index contributed by atoms with van der Waals surface area (Å²) in [6.07, 6.45) is 3.66. The lowest BCUT2D eigenvalue weighted by Crippen LogP contribution is -2.44. The van der Waals surface area contributed by atoms with Gasteiger partial charge in [0.15, 0.2) is 5.96 Å². The van der Waals surface area contributed by atoms with Gasteiger partial charge in [0.05, 0.1) is 25.9 Å².